The predicted molar refractivity (Wildman–Crippen MR) is 78.4 cm³/mol. The molecule has 1 aliphatic heterocycles. The zero-order valence-electron chi connectivity index (χ0n) is 12.8. The van der Waals surface area contributed by atoms with E-state index in [1.54, 1.807) is 0 Å². The zero-order valence-corrected chi connectivity index (χ0v) is 12.8. The van der Waals surface area contributed by atoms with Gasteiger partial charge in [-0.1, -0.05) is 12.1 Å². The number of carbonyl (C=O) groups excluding carboxylic acids is 1. The molecule has 24 heavy (non-hydrogen) atoms. The zero-order chi connectivity index (χ0) is 17.7. The van der Waals surface area contributed by atoms with E-state index in [2.05, 4.69) is 0 Å². The van der Waals surface area contributed by atoms with E-state index < -0.39 is 23.9 Å². The Balaban J connectivity index is 2.16. The van der Waals surface area contributed by atoms with Crippen LogP contribution in [0.4, 0.5) is 17.6 Å². The highest BCUT2D eigenvalue weighted by atomic mass is 19.4. The van der Waals surface area contributed by atoms with Crippen molar-refractivity contribution in [2.24, 2.45) is 0 Å². The first kappa shape index (κ1) is 18.2. The van der Waals surface area contributed by atoms with Crippen molar-refractivity contribution in [3.05, 3.63) is 35.6 Å². The smallest absolute Gasteiger partial charge is 0.344 e. The molecule has 8 heteroatoms. The molecule has 130 valence electrons. The van der Waals surface area contributed by atoms with E-state index in [-0.39, 0.29) is 18.9 Å². The lowest BCUT2D eigenvalue weighted by molar-refractivity contribution is -0.174. The summed E-state index contributed by atoms with van der Waals surface area (Å²) in [5, 5.41) is 10.7. The molecule has 1 saturated heterocycles. The molecule has 0 radical (unpaired) electrons. The van der Waals surface area contributed by atoms with Crippen molar-refractivity contribution in [2.45, 2.75) is 31.0 Å². The molecule has 2 atom stereocenters. The minimum Gasteiger partial charge on any atom is -0.344 e. The number of alkyl halides is 3. The van der Waals surface area contributed by atoms with Crippen LogP contribution in [0.1, 0.15) is 24.3 Å². The van der Waals surface area contributed by atoms with Gasteiger partial charge in [0, 0.05) is 31.5 Å². The Morgan fingerprint density at radius 2 is 2.00 bits per heavy atom. The Morgan fingerprint density at radius 1 is 1.33 bits per heavy atom. The summed E-state index contributed by atoms with van der Waals surface area (Å²) in [4.78, 5) is 13.2. The topological polar surface area (TPSA) is 56.1 Å². The summed E-state index contributed by atoms with van der Waals surface area (Å²) in [6.45, 7) is 1.25. The van der Waals surface area contributed by atoms with Crippen molar-refractivity contribution >= 4 is 5.91 Å². The number of carbonyl (C=O) groups is 1. The van der Waals surface area contributed by atoms with Crippen LogP contribution in [0.25, 0.3) is 0 Å². The Bertz CT molecular complexity index is 609. The van der Waals surface area contributed by atoms with E-state index in [9.17, 15) is 22.4 Å². The number of likely N-dealkylation sites (tertiary alicyclic amines) is 1. The summed E-state index contributed by atoms with van der Waals surface area (Å²) >= 11 is 0. The van der Waals surface area contributed by atoms with Crippen LogP contribution in [-0.4, -0.2) is 42.7 Å². The molecule has 1 aromatic rings. The van der Waals surface area contributed by atoms with Crippen LogP contribution in [0, 0.1) is 17.1 Å². The van der Waals surface area contributed by atoms with Gasteiger partial charge in [0.2, 0.25) is 0 Å². The first-order valence-corrected chi connectivity index (χ1v) is 7.53. The Labute approximate surface area is 137 Å². The summed E-state index contributed by atoms with van der Waals surface area (Å²) in [7, 11) is 0. The number of hydrogen-bond acceptors (Lipinski definition) is 3. The quantitative estimate of drug-likeness (QED) is 0.855. The molecule has 1 aromatic carbocycles. The highest BCUT2D eigenvalue weighted by Gasteiger charge is 2.42. The second kappa shape index (κ2) is 7.62. The molecule has 1 N–H and O–H groups in total. The van der Waals surface area contributed by atoms with Gasteiger partial charge >= 0.3 is 12.1 Å². The fourth-order valence-corrected chi connectivity index (χ4v) is 2.94. The first-order chi connectivity index (χ1) is 11.3. The first-order valence-electron chi connectivity index (χ1n) is 7.53. The molecule has 1 amide bonds. The van der Waals surface area contributed by atoms with Gasteiger partial charge in [-0.3, -0.25) is 4.79 Å². The van der Waals surface area contributed by atoms with E-state index in [0.717, 1.165) is 0 Å². The molecule has 0 bridgehead atoms. The number of hydrogen-bond donors (Lipinski definition) is 1. The van der Waals surface area contributed by atoms with E-state index in [4.69, 9.17) is 5.26 Å². The van der Waals surface area contributed by atoms with Crippen molar-refractivity contribution < 1.29 is 22.4 Å². The maximum Gasteiger partial charge on any atom is 0.471 e. The van der Waals surface area contributed by atoms with Crippen LogP contribution in [0.2, 0.25) is 0 Å². The van der Waals surface area contributed by atoms with Crippen LogP contribution in [0.15, 0.2) is 24.3 Å². The third-order valence-corrected chi connectivity index (χ3v) is 4.11. The van der Waals surface area contributed by atoms with E-state index >= 15 is 0 Å². The van der Waals surface area contributed by atoms with E-state index in [1.165, 1.54) is 24.3 Å². The van der Waals surface area contributed by atoms with E-state index in [0.29, 0.717) is 25.1 Å². The van der Waals surface area contributed by atoms with Crippen LogP contribution >= 0.6 is 0 Å². The normalized spacial score (nSPS) is 22.0. The second-order valence-electron chi connectivity index (χ2n) is 5.73. The minimum absolute atomic E-state index is 0.214. The van der Waals surface area contributed by atoms with Crippen molar-refractivity contribution in [1.82, 2.24) is 10.2 Å². The summed E-state index contributed by atoms with van der Waals surface area (Å²) in [6, 6.07) is 6.79. The fraction of sp³-hybridized carbons (Fsp3) is 0.500. The lowest BCUT2D eigenvalue weighted by Gasteiger charge is -2.39. The van der Waals surface area contributed by atoms with E-state index in [1.807, 2.05) is 16.3 Å². The summed E-state index contributed by atoms with van der Waals surface area (Å²) < 4.78 is 50.8. The molecule has 1 aliphatic rings. The van der Waals surface area contributed by atoms with Crippen molar-refractivity contribution in [3.8, 4) is 6.07 Å². The van der Waals surface area contributed by atoms with Gasteiger partial charge in [0.15, 0.2) is 0 Å². The van der Waals surface area contributed by atoms with Crippen LogP contribution in [0.5, 0.6) is 0 Å². The molecular formula is C16H17F4N3O. The van der Waals surface area contributed by atoms with Crippen LogP contribution in [0.3, 0.4) is 0 Å². The molecule has 1 heterocycles. The van der Waals surface area contributed by atoms with Gasteiger partial charge in [-0.15, -0.1) is 0 Å². The molecule has 0 saturated carbocycles. The van der Waals surface area contributed by atoms with Gasteiger partial charge in [0.25, 0.3) is 0 Å². The fourth-order valence-electron chi connectivity index (χ4n) is 2.94. The maximum atomic E-state index is 13.1. The monoisotopic (exact) mass is 343 g/mol. The van der Waals surface area contributed by atoms with Gasteiger partial charge in [-0.2, -0.15) is 18.4 Å². The molecule has 0 spiro atoms. The summed E-state index contributed by atoms with van der Waals surface area (Å²) in [6.07, 6.45) is -4.18. The van der Waals surface area contributed by atoms with Crippen molar-refractivity contribution in [1.29, 1.82) is 5.26 Å². The largest absolute Gasteiger partial charge is 0.471 e. The standard InChI is InChI=1S/C16H17F4N3O/c17-12-4-2-11(3-5-12)13-6-9-23(8-1-7-21)10-14(13)22-15(24)16(18,19)20/h2-5,13-14H,1,6,8-10H2,(H,22,24)/t13-,14+/m1/s1. The maximum absolute atomic E-state index is 13.1. The Morgan fingerprint density at radius 3 is 2.58 bits per heavy atom. The molecule has 0 aromatic heterocycles. The lowest BCUT2D eigenvalue weighted by Crippen LogP contribution is -2.54. The van der Waals surface area contributed by atoms with Gasteiger partial charge in [-0.25, -0.2) is 4.39 Å². The number of amides is 1. The van der Waals surface area contributed by atoms with Crippen molar-refractivity contribution in [3.63, 3.8) is 0 Å². The average molecular weight is 343 g/mol. The SMILES string of the molecule is N#CCCN1CC[C@H](c2ccc(F)cc2)[C@@H](NC(=O)C(F)(F)F)C1. The molecule has 0 unspecified atom stereocenters. The number of nitriles is 1. The number of piperidine rings is 1. The number of halogens is 4. The number of rotatable bonds is 4. The number of nitrogens with one attached hydrogen (secondary N) is 1. The highest BCUT2D eigenvalue weighted by Crippen LogP contribution is 2.29. The molecular weight excluding hydrogens is 326 g/mol. The molecule has 4 nitrogen and oxygen atoms in total. The summed E-state index contributed by atoms with van der Waals surface area (Å²) in [5.41, 5.74) is 0.684. The average Bonchev–Trinajstić information content (AvgIpc) is 2.53. The van der Waals surface area contributed by atoms with Crippen LogP contribution in [-0.2, 0) is 4.79 Å². The van der Waals surface area contributed by atoms with Crippen molar-refractivity contribution in [2.75, 3.05) is 19.6 Å². The van der Waals surface area contributed by atoms with Gasteiger partial charge in [-0.05, 0) is 30.7 Å². The predicted octanol–water partition coefficient (Wildman–Crippen LogP) is 2.58. The Kier molecular flexibility index (Phi) is 5.78. The summed E-state index contributed by atoms with van der Waals surface area (Å²) in [5.74, 6) is -2.75. The van der Waals surface area contributed by atoms with Gasteiger partial charge < -0.3 is 10.2 Å². The Hall–Kier alpha value is -2.14. The third kappa shape index (κ3) is 4.68. The van der Waals surface area contributed by atoms with Gasteiger partial charge in [0.1, 0.15) is 5.82 Å². The molecule has 1 fully saturated rings. The number of nitrogens with zero attached hydrogens (tertiary/aromatic N) is 2. The molecule has 0 aliphatic carbocycles. The lowest BCUT2D eigenvalue weighted by atomic mass is 9.85. The molecule has 2 rings (SSSR count). The van der Waals surface area contributed by atoms with Crippen LogP contribution < -0.4 is 5.32 Å². The number of benzene rings is 1. The second-order valence-corrected chi connectivity index (χ2v) is 5.73. The third-order valence-electron chi connectivity index (χ3n) is 4.11. The highest BCUT2D eigenvalue weighted by molar-refractivity contribution is 5.82. The minimum atomic E-state index is -4.96. The van der Waals surface area contributed by atoms with Gasteiger partial charge in [0.05, 0.1) is 6.07 Å².